The van der Waals surface area contributed by atoms with Gasteiger partial charge in [-0.25, -0.2) is 4.39 Å². The number of anilines is 1. The molecule has 0 aliphatic rings. The molecule has 0 saturated heterocycles. The number of benzene rings is 1. The molecule has 15 heavy (non-hydrogen) atoms. The van der Waals surface area contributed by atoms with Crippen LogP contribution < -0.4 is 5.73 Å². The molecule has 1 aromatic carbocycles. The van der Waals surface area contributed by atoms with Gasteiger partial charge in [-0.15, -0.1) is 0 Å². The van der Waals surface area contributed by atoms with E-state index in [4.69, 9.17) is 5.73 Å². The zero-order valence-electron chi connectivity index (χ0n) is 8.44. The molecule has 0 bridgehead atoms. The lowest BCUT2D eigenvalue weighted by atomic mass is 10.1. The summed E-state index contributed by atoms with van der Waals surface area (Å²) in [7, 11) is 0. The van der Waals surface area contributed by atoms with Gasteiger partial charge < -0.3 is 5.73 Å². The number of hydrogen-bond donors (Lipinski definition) is 1. The minimum Gasteiger partial charge on any atom is -0.382 e. The normalized spacial score (nSPS) is 10.5. The lowest BCUT2D eigenvalue weighted by Crippen LogP contribution is -2.01. The quantitative estimate of drug-likeness (QED) is 0.814. The molecule has 0 aliphatic carbocycles. The Morgan fingerprint density at radius 1 is 1.40 bits per heavy atom. The molecular formula is C11H12FN3. The summed E-state index contributed by atoms with van der Waals surface area (Å²) in [5, 5.41) is 4.03. The van der Waals surface area contributed by atoms with Crippen molar-refractivity contribution in [2.45, 2.75) is 13.5 Å². The van der Waals surface area contributed by atoms with Gasteiger partial charge in [0.25, 0.3) is 0 Å². The molecular weight excluding hydrogens is 193 g/mol. The van der Waals surface area contributed by atoms with Crippen molar-refractivity contribution in [3.05, 3.63) is 47.4 Å². The Hall–Kier alpha value is -1.84. The SMILES string of the molecule is Cc1ccc(Cn2ccc(N)n2)cc1F. The van der Waals surface area contributed by atoms with E-state index in [1.807, 2.05) is 6.07 Å². The van der Waals surface area contributed by atoms with Crippen molar-refractivity contribution in [1.29, 1.82) is 0 Å². The number of aryl methyl sites for hydroxylation is 1. The Bertz CT molecular complexity index is 476. The van der Waals surface area contributed by atoms with E-state index in [2.05, 4.69) is 5.10 Å². The predicted octanol–water partition coefficient (Wildman–Crippen LogP) is 1.96. The molecule has 0 radical (unpaired) electrons. The molecule has 0 spiro atoms. The largest absolute Gasteiger partial charge is 0.382 e. The van der Waals surface area contributed by atoms with Crippen LogP contribution in [0.4, 0.5) is 10.2 Å². The summed E-state index contributed by atoms with van der Waals surface area (Å²) in [6.45, 7) is 2.28. The van der Waals surface area contributed by atoms with Crippen LogP contribution in [0.2, 0.25) is 0 Å². The summed E-state index contributed by atoms with van der Waals surface area (Å²) in [5.41, 5.74) is 7.01. The summed E-state index contributed by atoms with van der Waals surface area (Å²) in [4.78, 5) is 0. The first-order chi connectivity index (χ1) is 7.15. The lowest BCUT2D eigenvalue weighted by molar-refractivity contribution is 0.611. The standard InChI is InChI=1S/C11H12FN3/c1-8-2-3-9(6-10(8)12)7-15-5-4-11(13)14-15/h2-6H,7H2,1H3,(H2,13,14). The maximum atomic E-state index is 13.2. The van der Waals surface area contributed by atoms with Crippen LogP contribution in [0.5, 0.6) is 0 Å². The van der Waals surface area contributed by atoms with Crippen LogP contribution in [-0.4, -0.2) is 9.78 Å². The van der Waals surface area contributed by atoms with Gasteiger partial charge in [-0.1, -0.05) is 12.1 Å². The summed E-state index contributed by atoms with van der Waals surface area (Å²) in [6, 6.07) is 6.88. The fourth-order valence-corrected chi connectivity index (χ4v) is 1.39. The minimum atomic E-state index is -0.187. The van der Waals surface area contributed by atoms with Crippen molar-refractivity contribution in [3.8, 4) is 0 Å². The van der Waals surface area contributed by atoms with Gasteiger partial charge in [-0.05, 0) is 30.2 Å². The molecule has 78 valence electrons. The van der Waals surface area contributed by atoms with E-state index in [9.17, 15) is 4.39 Å². The average Bonchev–Trinajstić information content (AvgIpc) is 2.58. The molecule has 1 aromatic heterocycles. The molecule has 0 amide bonds. The highest BCUT2D eigenvalue weighted by atomic mass is 19.1. The van der Waals surface area contributed by atoms with E-state index in [0.29, 0.717) is 17.9 Å². The Morgan fingerprint density at radius 2 is 2.20 bits per heavy atom. The van der Waals surface area contributed by atoms with Crippen molar-refractivity contribution >= 4 is 5.82 Å². The third kappa shape index (κ3) is 2.15. The Kier molecular flexibility index (Phi) is 2.41. The highest BCUT2D eigenvalue weighted by molar-refractivity contribution is 5.26. The third-order valence-electron chi connectivity index (χ3n) is 2.24. The molecule has 4 heteroatoms. The van der Waals surface area contributed by atoms with E-state index in [1.165, 1.54) is 6.07 Å². The second-order valence-corrected chi connectivity index (χ2v) is 3.52. The Labute approximate surface area is 87.3 Å². The van der Waals surface area contributed by atoms with Gasteiger partial charge in [-0.2, -0.15) is 5.10 Å². The van der Waals surface area contributed by atoms with Crippen molar-refractivity contribution in [2.24, 2.45) is 0 Å². The molecule has 1 heterocycles. The first kappa shape index (κ1) is 9.71. The number of nitrogens with two attached hydrogens (primary N) is 1. The second-order valence-electron chi connectivity index (χ2n) is 3.52. The van der Waals surface area contributed by atoms with E-state index in [-0.39, 0.29) is 5.82 Å². The molecule has 2 rings (SSSR count). The monoisotopic (exact) mass is 205 g/mol. The summed E-state index contributed by atoms with van der Waals surface area (Å²) >= 11 is 0. The number of hydrogen-bond acceptors (Lipinski definition) is 2. The average molecular weight is 205 g/mol. The van der Waals surface area contributed by atoms with Crippen molar-refractivity contribution in [3.63, 3.8) is 0 Å². The van der Waals surface area contributed by atoms with Crippen LogP contribution in [0.15, 0.2) is 30.5 Å². The summed E-state index contributed by atoms with van der Waals surface area (Å²) in [6.07, 6.45) is 1.77. The van der Waals surface area contributed by atoms with Gasteiger partial charge in [0, 0.05) is 6.20 Å². The molecule has 0 fully saturated rings. The summed E-state index contributed by atoms with van der Waals surface area (Å²) in [5.74, 6) is 0.287. The first-order valence-corrected chi connectivity index (χ1v) is 4.69. The van der Waals surface area contributed by atoms with Gasteiger partial charge in [0.2, 0.25) is 0 Å². The van der Waals surface area contributed by atoms with Crippen LogP contribution in [0, 0.1) is 12.7 Å². The van der Waals surface area contributed by atoms with E-state index < -0.39 is 0 Å². The summed E-state index contributed by atoms with van der Waals surface area (Å²) < 4.78 is 14.9. The van der Waals surface area contributed by atoms with E-state index in [0.717, 1.165) is 5.56 Å². The van der Waals surface area contributed by atoms with Crippen LogP contribution in [-0.2, 0) is 6.54 Å². The predicted molar refractivity (Wildman–Crippen MR) is 56.9 cm³/mol. The number of nitrogen functional groups attached to an aromatic ring is 1. The first-order valence-electron chi connectivity index (χ1n) is 4.69. The zero-order chi connectivity index (χ0) is 10.8. The molecule has 0 aliphatic heterocycles. The van der Waals surface area contributed by atoms with E-state index >= 15 is 0 Å². The van der Waals surface area contributed by atoms with Crippen molar-refractivity contribution in [2.75, 3.05) is 5.73 Å². The molecule has 0 unspecified atom stereocenters. The van der Waals surface area contributed by atoms with Gasteiger partial charge in [0.1, 0.15) is 11.6 Å². The minimum absolute atomic E-state index is 0.187. The fraction of sp³-hybridized carbons (Fsp3) is 0.182. The van der Waals surface area contributed by atoms with Gasteiger partial charge in [0.15, 0.2) is 0 Å². The maximum Gasteiger partial charge on any atom is 0.145 e. The van der Waals surface area contributed by atoms with Gasteiger partial charge in [0.05, 0.1) is 6.54 Å². The lowest BCUT2D eigenvalue weighted by Gasteiger charge is -2.03. The van der Waals surface area contributed by atoms with Crippen LogP contribution in [0.3, 0.4) is 0 Å². The van der Waals surface area contributed by atoms with Gasteiger partial charge in [-0.3, -0.25) is 4.68 Å². The topological polar surface area (TPSA) is 43.8 Å². The Balaban J connectivity index is 2.21. The number of halogens is 1. The van der Waals surface area contributed by atoms with Crippen molar-refractivity contribution in [1.82, 2.24) is 9.78 Å². The third-order valence-corrected chi connectivity index (χ3v) is 2.24. The number of nitrogens with zero attached hydrogens (tertiary/aromatic N) is 2. The van der Waals surface area contributed by atoms with Crippen molar-refractivity contribution < 1.29 is 4.39 Å². The molecule has 2 N–H and O–H groups in total. The highest BCUT2D eigenvalue weighted by Crippen LogP contribution is 2.10. The molecule has 2 aromatic rings. The van der Waals surface area contributed by atoms with Gasteiger partial charge >= 0.3 is 0 Å². The Morgan fingerprint density at radius 3 is 2.80 bits per heavy atom. The second kappa shape index (κ2) is 3.73. The van der Waals surface area contributed by atoms with Crippen LogP contribution >= 0.6 is 0 Å². The van der Waals surface area contributed by atoms with Crippen LogP contribution in [0.25, 0.3) is 0 Å². The molecule has 3 nitrogen and oxygen atoms in total. The zero-order valence-corrected chi connectivity index (χ0v) is 8.44. The number of rotatable bonds is 2. The van der Waals surface area contributed by atoms with E-state index in [1.54, 1.807) is 29.9 Å². The number of aromatic nitrogens is 2. The smallest absolute Gasteiger partial charge is 0.145 e. The highest BCUT2D eigenvalue weighted by Gasteiger charge is 2.01. The molecule has 0 atom stereocenters. The maximum absolute atomic E-state index is 13.2. The fourth-order valence-electron chi connectivity index (χ4n) is 1.39. The van der Waals surface area contributed by atoms with Crippen LogP contribution in [0.1, 0.15) is 11.1 Å². The molecule has 0 saturated carbocycles.